The second-order valence-corrected chi connectivity index (χ2v) is 3.99. The molecule has 15 heavy (non-hydrogen) atoms. The Morgan fingerprint density at radius 2 is 2.20 bits per heavy atom. The first-order valence-electron chi connectivity index (χ1n) is 5.35. The number of ether oxygens (including phenoxy) is 1. The molecule has 0 amide bonds. The molecule has 0 saturated carbocycles. The number of nitrogens with two attached hydrogens (primary N) is 1. The minimum absolute atomic E-state index is 0.122. The van der Waals surface area contributed by atoms with E-state index in [9.17, 15) is 4.39 Å². The molecule has 0 aliphatic carbocycles. The van der Waals surface area contributed by atoms with Crippen molar-refractivity contribution in [3.05, 3.63) is 35.6 Å². The van der Waals surface area contributed by atoms with E-state index in [-0.39, 0.29) is 17.7 Å². The maximum Gasteiger partial charge on any atom is 0.126 e. The molecule has 0 radical (unpaired) electrons. The van der Waals surface area contributed by atoms with E-state index >= 15 is 0 Å². The van der Waals surface area contributed by atoms with Gasteiger partial charge in [-0.3, -0.25) is 0 Å². The van der Waals surface area contributed by atoms with E-state index in [1.165, 1.54) is 6.07 Å². The van der Waals surface area contributed by atoms with Gasteiger partial charge in [0.1, 0.15) is 5.82 Å². The molecule has 1 saturated heterocycles. The lowest BCUT2D eigenvalue weighted by atomic mass is 9.82. The number of hydrogen-bond acceptors (Lipinski definition) is 2. The van der Waals surface area contributed by atoms with Gasteiger partial charge in [0.15, 0.2) is 0 Å². The van der Waals surface area contributed by atoms with Crippen LogP contribution in [0.3, 0.4) is 0 Å². The fraction of sp³-hybridized carbons (Fsp3) is 0.500. The van der Waals surface area contributed by atoms with E-state index in [1.54, 1.807) is 6.07 Å². The smallest absolute Gasteiger partial charge is 0.126 e. The summed E-state index contributed by atoms with van der Waals surface area (Å²) in [6.07, 6.45) is 0.864. The number of rotatable bonds is 2. The summed E-state index contributed by atoms with van der Waals surface area (Å²) in [6.45, 7) is 1.91. The summed E-state index contributed by atoms with van der Waals surface area (Å²) in [5.74, 6) is 0.337. The monoisotopic (exact) mass is 209 g/mol. The lowest BCUT2D eigenvalue weighted by Crippen LogP contribution is -2.32. The molecular weight excluding hydrogens is 193 g/mol. The van der Waals surface area contributed by atoms with Crippen LogP contribution in [0.1, 0.15) is 17.9 Å². The first-order chi connectivity index (χ1) is 7.33. The maximum absolute atomic E-state index is 13.6. The zero-order valence-electron chi connectivity index (χ0n) is 8.66. The minimum atomic E-state index is -0.122. The van der Waals surface area contributed by atoms with Gasteiger partial charge in [0.2, 0.25) is 0 Å². The Labute approximate surface area is 89.2 Å². The Kier molecular flexibility index (Phi) is 3.34. The SMILES string of the molecule is NCC1COCCC1c1ccccc1F. The summed E-state index contributed by atoms with van der Waals surface area (Å²) in [5.41, 5.74) is 6.47. The van der Waals surface area contributed by atoms with Gasteiger partial charge in [-0.05, 0) is 30.5 Å². The molecular formula is C12H16FNO. The van der Waals surface area contributed by atoms with Gasteiger partial charge in [-0.15, -0.1) is 0 Å². The lowest BCUT2D eigenvalue weighted by Gasteiger charge is -2.31. The van der Waals surface area contributed by atoms with Crippen molar-refractivity contribution < 1.29 is 9.13 Å². The Balaban J connectivity index is 2.24. The molecule has 2 nitrogen and oxygen atoms in total. The molecule has 1 aromatic carbocycles. The van der Waals surface area contributed by atoms with Gasteiger partial charge in [-0.2, -0.15) is 0 Å². The van der Waals surface area contributed by atoms with Crippen LogP contribution in [-0.2, 0) is 4.74 Å². The summed E-state index contributed by atoms with van der Waals surface area (Å²) in [5, 5.41) is 0. The van der Waals surface area contributed by atoms with Crippen molar-refractivity contribution in [2.45, 2.75) is 12.3 Å². The molecule has 1 heterocycles. The Bertz CT molecular complexity index is 329. The van der Waals surface area contributed by atoms with Gasteiger partial charge in [-0.25, -0.2) is 4.39 Å². The van der Waals surface area contributed by atoms with E-state index in [2.05, 4.69) is 0 Å². The van der Waals surface area contributed by atoms with Crippen molar-refractivity contribution in [1.82, 2.24) is 0 Å². The lowest BCUT2D eigenvalue weighted by molar-refractivity contribution is 0.0428. The fourth-order valence-corrected chi connectivity index (χ4v) is 2.21. The molecule has 3 heteroatoms. The standard InChI is InChI=1S/C12H16FNO/c13-12-4-2-1-3-11(12)10-5-6-15-8-9(10)7-14/h1-4,9-10H,5-8,14H2. The van der Waals surface area contributed by atoms with Crippen molar-refractivity contribution in [3.8, 4) is 0 Å². The number of benzene rings is 1. The van der Waals surface area contributed by atoms with Crippen LogP contribution < -0.4 is 5.73 Å². The van der Waals surface area contributed by atoms with Gasteiger partial charge in [-0.1, -0.05) is 18.2 Å². The van der Waals surface area contributed by atoms with Crippen LogP contribution in [0.4, 0.5) is 4.39 Å². The summed E-state index contributed by atoms with van der Waals surface area (Å²) < 4.78 is 19.0. The summed E-state index contributed by atoms with van der Waals surface area (Å²) in [7, 11) is 0. The molecule has 1 aliphatic heterocycles. The Morgan fingerprint density at radius 3 is 2.93 bits per heavy atom. The molecule has 2 atom stereocenters. The second-order valence-electron chi connectivity index (χ2n) is 3.99. The molecule has 1 fully saturated rings. The predicted octanol–water partition coefficient (Wildman–Crippen LogP) is 1.90. The third kappa shape index (κ3) is 2.19. The van der Waals surface area contributed by atoms with E-state index in [1.807, 2.05) is 12.1 Å². The number of halogens is 1. The van der Waals surface area contributed by atoms with E-state index in [0.717, 1.165) is 12.0 Å². The van der Waals surface area contributed by atoms with Crippen LogP contribution >= 0.6 is 0 Å². The van der Waals surface area contributed by atoms with E-state index in [0.29, 0.717) is 19.8 Å². The molecule has 2 rings (SSSR count). The highest BCUT2D eigenvalue weighted by atomic mass is 19.1. The minimum Gasteiger partial charge on any atom is -0.381 e. The fourth-order valence-electron chi connectivity index (χ4n) is 2.21. The summed E-state index contributed by atoms with van der Waals surface area (Å²) in [4.78, 5) is 0. The van der Waals surface area contributed by atoms with Gasteiger partial charge in [0.05, 0.1) is 6.61 Å². The van der Waals surface area contributed by atoms with Gasteiger partial charge in [0.25, 0.3) is 0 Å². The van der Waals surface area contributed by atoms with E-state index in [4.69, 9.17) is 10.5 Å². The topological polar surface area (TPSA) is 35.2 Å². The molecule has 0 aromatic heterocycles. The molecule has 1 aromatic rings. The third-order valence-corrected chi connectivity index (χ3v) is 3.08. The predicted molar refractivity (Wildman–Crippen MR) is 57.1 cm³/mol. The van der Waals surface area contributed by atoms with Crippen molar-refractivity contribution in [1.29, 1.82) is 0 Å². The van der Waals surface area contributed by atoms with Gasteiger partial charge >= 0.3 is 0 Å². The molecule has 2 unspecified atom stereocenters. The average Bonchev–Trinajstić information content (AvgIpc) is 2.30. The van der Waals surface area contributed by atoms with Gasteiger partial charge < -0.3 is 10.5 Å². The zero-order chi connectivity index (χ0) is 10.7. The van der Waals surface area contributed by atoms with Crippen LogP contribution in [0, 0.1) is 11.7 Å². The van der Waals surface area contributed by atoms with Crippen molar-refractivity contribution in [2.75, 3.05) is 19.8 Å². The molecule has 0 spiro atoms. The zero-order valence-corrected chi connectivity index (χ0v) is 8.66. The maximum atomic E-state index is 13.6. The van der Waals surface area contributed by atoms with Crippen molar-refractivity contribution >= 4 is 0 Å². The highest BCUT2D eigenvalue weighted by Crippen LogP contribution is 2.32. The van der Waals surface area contributed by atoms with Crippen molar-refractivity contribution in [2.24, 2.45) is 11.7 Å². The van der Waals surface area contributed by atoms with Crippen LogP contribution in [0.25, 0.3) is 0 Å². The summed E-state index contributed by atoms with van der Waals surface area (Å²) in [6, 6.07) is 6.96. The molecule has 2 N–H and O–H groups in total. The normalized spacial score (nSPS) is 26.5. The number of hydrogen-bond donors (Lipinski definition) is 1. The van der Waals surface area contributed by atoms with Crippen molar-refractivity contribution in [3.63, 3.8) is 0 Å². The average molecular weight is 209 g/mol. The second kappa shape index (κ2) is 4.73. The van der Waals surface area contributed by atoms with Crippen LogP contribution in [0.2, 0.25) is 0 Å². The third-order valence-electron chi connectivity index (χ3n) is 3.08. The first kappa shape index (κ1) is 10.6. The molecule has 1 aliphatic rings. The molecule has 82 valence electrons. The summed E-state index contributed by atoms with van der Waals surface area (Å²) >= 11 is 0. The largest absolute Gasteiger partial charge is 0.381 e. The van der Waals surface area contributed by atoms with Gasteiger partial charge in [0, 0.05) is 12.5 Å². The first-order valence-corrected chi connectivity index (χ1v) is 5.35. The Morgan fingerprint density at radius 1 is 1.40 bits per heavy atom. The highest BCUT2D eigenvalue weighted by molar-refractivity contribution is 5.23. The molecule has 0 bridgehead atoms. The van der Waals surface area contributed by atoms with E-state index < -0.39 is 0 Å². The Hall–Kier alpha value is -0.930. The van der Waals surface area contributed by atoms with Crippen LogP contribution in [0.15, 0.2) is 24.3 Å². The highest BCUT2D eigenvalue weighted by Gasteiger charge is 2.27. The van der Waals surface area contributed by atoms with Crippen LogP contribution in [0.5, 0.6) is 0 Å². The quantitative estimate of drug-likeness (QED) is 0.807. The van der Waals surface area contributed by atoms with Crippen LogP contribution in [-0.4, -0.2) is 19.8 Å².